The summed E-state index contributed by atoms with van der Waals surface area (Å²) >= 11 is 11.9. The van der Waals surface area contributed by atoms with Crippen molar-refractivity contribution in [1.82, 2.24) is 5.32 Å². The van der Waals surface area contributed by atoms with Crippen LogP contribution in [0.5, 0.6) is 0 Å². The number of esters is 1. The lowest BCUT2D eigenvalue weighted by Gasteiger charge is -2.39. The Kier molecular flexibility index (Phi) is 7.05. The highest BCUT2D eigenvalue weighted by Crippen LogP contribution is 2.50. The van der Waals surface area contributed by atoms with Gasteiger partial charge in [-0.25, -0.2) is 8.78 Å². The molecule has 2 aromatic carbocycles. The van der Waals surface area contributed by atoms with Crippen LogP contribution in [0.3, 0.4) is 0 Å². The summed E-state index contributed by atoms with van der Waals surface area (Å²) in [5.41, 5.74) is 3.80. The van der Waals surface area contributed by atoms with Gasteiger partial charge in [0.25, 0.3) is 0 Å². The van der Waals surface area contributed by atoms with E-state index in [0.717, 1.165) is 6.07 Å². The van der Waals surface area contributed by atoms with E-state index in [1.54, 1.807) is 13.8 Å². The molecule has 1 saturated heterocycles. The van der Waals surface area contributed by atoms with E-state index < -0.39 is 52.5 Å². The summed E-state index contributed by atoms with van der Waals surface area (Å²) < 4.78 is 35.3. The summed E-state index contributed by atoms with van der Waals surface area (Å²) in [6, 6.07) is 5.58. The van der Waals surface area contributed by atoms with E-state index in [0.29, 0.717) is 0 Å². The summed E-state index contributed by atoms with van der Waals surface area (Å²) in [6.45, 7) is 3.20. The van der Waals surface area contributed by atoms with Crippen molar-refractivity contribution in [2.24, 2.45) is 11.1 Å². The topological polar surface area (TPSA) is 102 Å². The number of carboxylic acid groups (broad SMARTS) is 1. The number of aliphatic carboxylic acids is 1. The molecule has 0 saturated carbocycles. The number of hydrogen-bond acceptors (Lipinski definition) is 5. The van der Waals surface area contributed by atoms with Gasteiger partial charge in [-0.1, -0.05) is 41.4 Å². The molecule has 1 aliphatic heterocycles. The number of ether oxygens (including phenoxy) is 1. The number of nitrogens with two attached hydrogens (primary N) is 1. The Bertz CT molecular complexity index is 1100. The van der Waals surface area contributed by atoms with Crippen molar-refractivity contribution < 1.29 is 28.2 Å². The fraction of sp³-hybridized carbons (Fsp3) is 0.391. The first kappa shape index (κ1) is 25.4. The molecule has 3 rings (SSSR count). The van der Waals surface area contributed by atoms with E-state index in [1.165, 1.54) is 37.4 Å². The number of methoxy groups -OCH3 is 1. The number of nitrogens with one attached hydrogen (secondary N) is 1. The number of benzene rings is 2. The molecule has 1 heterocycles. The molecule has 4 N–H and O–H groups in total. The predicted octanol–water partition coefficient (Wildman–Crippen LogP) is 4.22. The molecular formula is C23H24Cl2F2N2O4. The highest BCUT2D eigenvalue weighted by atomic mass is 35.5. The molecule has 178 valence electrons. The van der Waals surface area contributed by atoms with Crippen LogP contribution in [0.15, 0.2) is 36.4 Å². The minimum atomic E-state index is -1.80. The van der Waals surface area contributed by atoms with Gasteiger partial charge in [0.05, 0.1) is 23.1 Å². The fourth-order valence-corrected chi connectivity index (χ4v) is 4.99. The maximum absolute atomic E-state index is 15.2. The Balaban J connectivity index is 2.29. The van der Waals surface area contributed by atoms with Crippen molar-refractivity contribution in [2.75, 3.05) is 7.11 Å². The zero-order valence-corrected chi connectivity index (χ0v) is 19.7. The first-order valence-electron chi connectivity index (χ1n) is 10.1. The third-order valence-electron chi connectivity index (χ3n) is 6.24. The van der Waals surface area contributed by atoms with Crippen LogP contribution in [0, 0.1) is 17.0 Å². The molecule has 0 bridgehead atoms. The van der Waals surface area contributed by atoms with Crippen LogP contribution in [0.2, 0.25) is 10.0 Å². The zero-order valence-electron chi connectivity index (χ0n) is 18.2. The average Bonchev–Trinajstić information content (AvgIpc) is 3.02. The minimum absolute atomic E-state index is 0.0271. The quantitative estimate of drug-likeness (QED) is 0.513. The van der Waals surface area contributed by atoms with Gasteiger partial charge in [-0.2, -0.15) is 0 Å². The van der Waals surface area contributed by atoms with Gasteiger partial charge in [-0.3, -0.25) is 14.9 Å². The van der Waals surface area contributed by atoms with E-state index in [2.05, 4.69) is 5.32 Å². The van der Waals surface area contributed by atoms with Gasteiger partial charge in [-0.15, -0.1) is 0 Å². The van der Waals surface area contributed by atoms with Crippen LogP contribution in [0.4, 0.5) is 8.78 Å². The molecule has 0 aliphatic carbocycles. The number of halogens is 4. The molecule has 0 aromatic heterocycles. The molecule has 6 nitrogen and oxygen atoms in total. The summed E-state index contributed by atoms with van der Waals surface area (Å²) in [5, 5.41) is 12.8. The SMILES string of the molecule is COC(=O)C(C)(C)CC1NC(C(=O)O)C(c2cccc(Cl)c2F)C1(N)c1ccc(Cl)cc1F. The van der Waals surface area contributed by atoms with Crippen molar-refractivity contribution in [3.63, 3.8) is 0 Å². The largest absolute Gasteiger partial charge is 0.480 e. The molecule has 0 radical (unpaired) electrons. The molecule has 1 fully saturated rings. The molecule has 2 aromatic rings. The second-order valence-electron chi connectivity index (χ2n) is 8.79. The van der Waals surface area contributed by atoms with Crippen LogP contribution in [0.1, 0.15) is 37.3 Å². The Morgan fingerprint density at radius 1 is 1.24 bits per heavy atom. The number of carbonyl (C=O) groups is 2. The molecule has 4 atom stereocenters. The van der Waals surface area contributed by atoms with E-state index in [1.807, 2.05) is 0 Å². The first-order valence-corrected chi connectivity index (χ1v) is 10.9. The van der Waals surface area contributed by atoms with Crippen molar-refractivity contribution in [1.29, 1.82) is 0 Å². The van der Waals surface area contributed by atoms with Crippen molar-refractivity contribution in [3.05, 3.63) is 69.2 Å². The molecule has 1 aliphatic rings. The minimum Gasteiger partial charge on any atom is -0.480 e. The first-order chi connectivity index (χ1) is 15.3. The summed E-state index contributed by atoms with van der Waals surface area (Å²) in [5.74, 6) is -4.79. The third kappa shape index (κ3) is 4.45. The molecule has 0 amide bonds. The lowest BCUT2D eigenvalue weighted by Crippen LogP contribution is -2.53. The standard InChI is InChI=1S/C23H24Cl2F2N2O4/c1-22(2,21(32)33-3)10-16-23(28,13-8-7-11(24)9-15(13)26)17(19(29-16)20(30)31)12-5-4-6-14(25)18(12)27/h4-9,16-17,19,29H,10,28H2,1-3H3,(H,30,31). The number of carbonyl (C=O) groups excluding carboxylic acids is 1. The number of rotatable bonds is 6. The van der Waals surface area contributed by atoms with Gasteiger partial charge < -0.3 is 15.6 Å². The summed E-state index contributed by atoms with van der Waals surface area (Å²) in [7, 11) is 1.23. The van der Waals surface area contributed by atoms with Crippen molar-refractivity contribution in [3.8, 4) is 0 Å². The summed E-state index contributed by atoms with van der Waals surface area (Å²) in [4.78, 5) is 24.6. The van der Waals surface area contributed by atoms with E-state index >= 15 is 8.78 Å². The van der Waals surface area contributed by atoms with Crippen LogP contribution >= 0.6 is 23.2 Å². The smallest absolute Gasteiger partial charge is 0.321 e. The normalized spacial score (nSPS) is 25.2. The third-order valence-corrected chi connectivity index (χ3v) is 6.76. The van der Waals surface area contributed by atoms with Crippen LogP contribution < -0.4 is 11.1 Å². The van der Waals surface area contributed by atoms with Crippen LogP contribution in [-0.2, 0) is 19.9 Å². The zero-order chi connectivity index (χ0) is 24.7. The lowest BCUT2D eigenvalue weighted by molar-refractivity contribution is -0.151. The molecule has 0 spiro atoms. The number of carboxylic acids is 1. The Hall–Kier alpha value is -2.26. The monoisotopic (exact) mass is 500 g/mol. The highest BCUT2D eigenvalue weighted by molar-refractivity contribution is 6.31. The Morgan fingerprint density at radius 3 is 2.48 bits per heavy atom. The average molecular weight is 501 g/mol. The molecule has 10 heteroatoms. The van der Waals surface area contributed by atoms with Gasteiger partial charge >= 0.3 is 11.9 Å². The van der Waals surface area contributed by atoms with Crippen LogP contribution in [-0.4, -0.2) is 36.2 Å². The van der Waals surface area contributed by atoms with Gasteiger partial charge in [-0.05, 0) is 44.0 Å². The van der Waals surface area contributed by atoms with Crippen molar-refractivity contribution in [2.45, 2.75) is 43.8 Å². The number of hydrogen-bond donors (Lipinski definition) is 3. The fourth-order valence-electron chi connectivity index (χ4n) is 4.65. The van der Waals surface area contributed by atoms with Gasteiger partial charge in [0.1, 0.15) is 17.7 Å². The highest BCUT2D eigenvalue weighted by Gasteiger charge is 2.59. The van der Waals surface area contributed by atoms with E-state index in [-0.39, 0.29) is 27.6 Å². The Morgan fingerprint density at radius 2 is 1.91 bits per heavy atom. The second-order valence-corrected chi connectivity index (χ2v) is 9.64. The van der Waals surface area contributed by atoms with E-state index in [4.69, 9.17) is 33.7 Å². The molecule has 4 unspecified atom stereocenters. The predicted molar refractivity (Wildman–Crippen MR) is 120 cm³/mol. The van der Waals surface area contributed by atoms with Gasteiger partial charge in [0.15, 0.2) is 0 Å². The summed E-state index contributed by atoms with van der Waals surface area (Å²) in [6.07, 6.45) is -0.0271. The molecular weight excluding hydrogens is 477 g/mol. The van der Waals surface area contributed by atoms with Crippen molar-refractivity contribution >= 4 is 35.1 Å². The molecule has 33 heavy (non-hydrogen) atoms. The van der Waals surface area contributed by atoms with Gasteiger partial charge in [0.2, 0.25) is 0 Å². The second kappa shape index (κ2) is 9.18. The van der Waals surface area contributed by atoms with E-state index in [9.17, 15) is 14.7 Å². The van der Waals surface area contributed by atoms with Gasteiger partial charge in [0, 0.05) is 22.5 Å². The maximum Gasteiger partial charge on any atom is 0.321 e. The van der Waals surface area contributed by atoms with Crippen LogP contribution in [0.25, 0.3) is 0 Å². The lowest BCUT2D eigenvalue weighted by atomic mass is 9.68. The maximum atomic E-state index is 15.2. The Labute approximate surface area is 200 Å².